The van der Waals surface area contributed by atoms with Crippen LogP contribution < -0.4 is 11.6 Å². The molecule has 0 aliphatic rings. The zero-order valence-electron chi connectivity index (χ0n) is 5.13. The maximum atomic E-state index is 10.4. The zero-order chi connectivity index (χ0) is 7.44. The van der Waals surface area contributed by atoms with Crippen molar-refractivity contribution in [2.75, 3.05) is 6.54 Å². The predicted octanol–water partition coefficient (Wildman–Crippen LogP) is -1.81. The molecule has 0 heterocycles. The molecule has 5 heteroatoms. The van der Waals surface area contributed by atoms with Crippen LogP contribution in [0.5, 0.6) is 0 Å². The average molecular weight is 131 g/mol. The van der Waals surface area contributed by atoms with Gasteiger partial charge in [0, 0.05) is 6.54 Å². The van der Waals surface area contributed by atoms with Crippen molar-refractivity contribution in [2.45, 2.75) is 6.92 Å². The second-order valence-corrected chi connectivity index (χ2v) is 1.46. The van der Waals surface area contributed by atoms with Gasteiger partial charge >= 0.3 is 11.8 Å². The number of nitrogens with zero attached hydrogens (tertiary/aromatic N) is 1. The maximum absolute atomic E-state index is 10.4. The molecule has 5 nitrogen and oxygen atoms in total. The van der Waals surface area contributed by atoms with E-state index >= 15 is 0 Å². The summed E-state index contributed by atoms with van der Waals surface area (Å²) in [6.07, 6.45) is 0. The second kappa shape index (κ2) is 3.03. The smallest absolute Gasteiger partial charge is 0.325 e. The summed E-state index contributed by atoms with van der Waals surface area (Å²) in [5.41, 5.74) is 4.60. The first-order valence-corrected chi connectivity index (χ1v) is 2.45. The number of hydrogen-bond acceptors (Lipinski definition) is 3. The Hall–Kier alpha value is -1.10. The molecule has 2 amide bonds. The third kappa shape index (κ3) is 2.09. The standard InChI is InChI=1S/C4H9N3O2/c1-2-7(6)4(9)3(5)8/h2,6H2,1H3,(H2,5,8). The van der Waals surface area contributed by atoms with E-state index in [0.717, 1.165) is 5.01 Å². The Bertz CT molecular complexity index is 134. The van der Waals surface area contributed by atoms with Gasteiger partial charge in [0.25, 0.3) is 0 Å². The molecule has 0 atom stereocenters. The van der Waals surface area contributed by atoms with Crippen molar-refractivity contribution >= 4 is 11.8 Å². The number of likely N-dealkylation sites (N-methyl/N-ethyl adjacent to an activating group) is 1. The van der Waals surface area contributed by atoms with E-state index in [1.165, 1.54) is 0 Å². The lowest BCUT2D eigenvalue weighted by Crippen LogP contribution is -2.44. The summed E-state index contributed by atoms with van der Waals surface area (Å²) < 4.78 is 0. The van der Waals surface area contributed by atoms with Crippen LogP contribution in [-0.4, -0.2) is 23.4 Å². The Kier molecular flexibility index (Phi) is 2.66. The van der Waals surface area contributed by atoms with Gasteiger partial charge in [-0.05, 0) is 6.92 Å². The highest BCUT2D eigenvalue weighted by Gasteiger charge is 2.12. The van der Waals surface area contributed by atoms with E-state index in [2.05, 4.69) is 5.73 Å². The van der Waals surface area contributed by atoms with Crippen molar-refractivity contribution in [1.82, 2.24) is 5.01 Å². The van der Waals surface area contributed by atoms with Crippen LogP contribution in [0.4, 0.5) is 0 Å². The summed E-state index contributed by atoms with van der Waals surface area (Å²) in [5, 5.41) is 0.752. The molecule has 0 aromatic heterocycles. The fourth-order valence-corrected chi connectivity index (χ4v) is 0.285. The second-order valence-electron chi connectivity index (χ2n) is 1.46. The van der Waals surface area contributed by atoms with E-state index in [1.54, 1.807) is 6.92 Å². The minimum atomic E-state index is -1.03. The van der Waals surface area contributed by atoms with Crippen LogP contribution in [0.2, 0.25) is 0 Å². The molecule has 0 bridgehead atoms. The molecule has 0 aromatic rings. The number of carbonyl (C=O) groups is 2. The average Bonchev–Trinajstić information content (AvgIpc) is 1.84. The summed E-state index contributed by atoms with van der Waals surface area (Å²) in [5.74, 6) is 3.11. The van der Waals surface area contributed by atoms with Gasteiger partial charge in [-0.25, -0.2) is 5.84 Å². The summed E-state index contributed by atoms with van der Waals surface area (Å²) in [6, 6.07) is 0. The first-order valence-electron chi connectivity index (χ1n) is 2.45. The molecule has 0 fully saturated rings. The molecular weight excluding hydrogens is 122 g/mol. The van der Waals surface area contributed by atoms with Gasteiger partial charge < -0.3 is 5.73 Å². The van der Waals surface area contributed by atoms with E-state index in [0.29, 0.717) is 0 Å². The van der Waals surface area contributed by atoms with Crippen LogP contribution in [0, 0.1) is 0 Å². The molecule has 0 radical (unpaired) electrons. The monoisotopic (exact) mass is 131 g/mol. The summed E-state index contributed by atoms with van der Waals surface area (Å²) >= 11 is 0. The van der Waals surface area contributed by atoms with E-state index in [1.807, 2.05) is 0 Å². The van der Waals surface area contributed by atoms with E-state index in [9.17, 15) is 9.59 Å². The normalized spacial score (nSPS) is 8.67. The molecule has 9 heavy (non-hydrogen) atoms. The molecule has 0 spiro atoms. The third-order valence-corrected chi connectivity index (χ3v) is 0.812. The molecule has 52 valence electrons. The highest BCUT2D eigenvalue weighted by molar-refractivity contribution is 6.34. The Morgan fingerprint density at radius 2 is 2.00 bits per heavy atom. The lowest BCUT2D eigenvalue weighted by atomic mass is 10.5. The van der Waals surface area contributed by atoms with Gasteiger partial charge in [0.05, 0.1) is 0 Å². The maximum Gasteiger partial charge on any atom is 0.325 e. The summed E-state index contributed by atoms with van der Waals surface area (Å²) in [7, 11) is 0. The SMILES string of the molecule is CCN(N)C(=O)C(N)=O. The number of primary amides is 1. The van der Waals surface area contributed by atoms with Crippen molar-refractivity contribution in [3.63, 3.8) is 0 Å². The summed E-state index contributed by atoms with van der Waals surface area (Å²) in [4.78, 5) is 20.5. The lowest BCUT2D eigenvalue weighted by Gasteiger charge is -2.09. The Balaban J connectivity index is 3.88. The molecule has 0 aliphatic carbocycles. The number of amides is 2. The van der Waals surface area contributed by atoms with Crippen molar-refractivity contribution in [1.29, 1.82) is 0 Å². The number of nitrogens with two attached hydrogens (primary N) is 2. The molecule has 0 saturated carbocycles. The number of hydrogen-bond donors (Lipinski definition) is 2. The van der Waals surface area contributed by atoms with Crippen LogP contribution in [0.3, 0.4) is 0 Å². The summed E-state index contributed by atoms with van der Waals surface area (Å²) in [6.45, 7) is 1.92. The van der Waals surface area contributed by atoms with Gasteiger partial charge in [-0.2, -0.15) is 0 Å². The Labute approximate surface area is 52.6 Å². The van der Waals surface area contributed by atoms with Gasteiger partial charge in [0.1, 0.15) is 0 Å². The molecule has 0 aromatic carbocycles. The first-order chi connectivity index (χ1) is 4.09. The van der Waals surface area contributed by atoms with Crippen molar-refractivity contribution < 1.29 is 9.59 Å². The lowest BCUT2D eigenvalue weighted by molar-refractivity contribution is -0.144. The van der Waals surface area contributed by atoms with E-state index < -0.39 is 11.8 Å². The minimum Gasteiger partial charge on any atom is -0.361 e. The molecule has 0 aliphatic heterocycles. The molecular formula is C4H9N3O2. The van der Waals surface area contributed by atoms with Crippen LogP contribution in [-0.2, 0) is 9.59 Å². The number of carbonyl (C=O) groups excluding carboxylic acids is 2. The molecule has 0 saturated heterocycles. The van der Waals surface area contributed by atoms with Gasteiger partial charge in [0.15, 0.2) is 0 Å². The molecule has 0 unspecified atom stereocenters. The van der Waals surface area contributed by atoms with Crippen LogP contribution >= 0.6 is 0 Å². The van der Waals surface area contributed by atoms with Crippen molar-refractivity contribution in [3.05, 3.63) is 0 Å². The Morgan fingerprint density at radius 3 is 2.11 bits per heavy atom. The van der Waals surface area contributed by atoms with Gasteiger partial charge in [-0.15, -0.1) is 0 Å². The third-order valence-electron chi connectivity index (χ3n) is 0.812. The molecule has 0 rings (SSSR count). The Morgan fingerprint density at radius 1 is 1.56 bits per heavy atom. The fourth-order valence-electron chi connectivity index (χ4n) is 0.285. The largest absolute Gasteiger partial charge is 0.361 e. The van der Waals surface area contributed by atoms with Gasteiger partial charge in [-0.3, -0.25) is 14.6 Å². The topological polar surface area (TPSA) is 89.4 Å². The quantitative estimate of drug-likeness (QED) is 0.190. The van der Waals surface area contributed by atoms with Crippen LogP contribution in [0.15, 0.2) is 0 Å². The van der Waals surface area contributed by atoms with Crippen molar-refractivity contribution in [2.24, 2.45) is 11.6 Å². The van der Waals surface area contributed by atoms with Crippen LogP contribution in [0.1, 0.15) is 6.92 Å². The highest BCUT2D eigenvalue weighted by atomic mass is 16.2. The number of hydrazine groups is 1. The molecule has 4 N–H and O–H groups in total. The highest BCUT2D eigenvalue weighted by Crippen LogP contribution is 1.75. The minimum absolute atomic E-state index is 0.280. The van der Waals surface area contributed by atoms with E-state index in [-0.39, 0.29) is 6.54 Å². The van der Waals surface area contributed by atoms with E-state index in [4.69, 9.17) is 5.84 Å². The predicted molar refractivity (Wildman–Crippen MR) is 30.8 cm³/mol. The first kappa shape index (κ1) is 7.90. The van der Waals surface area contributed by atoms with Gasteiger partial charge in [-0.1, -0.05) is 0 Å². The van der Waals surface area contributed by atoms with Gasteiger partial charge in [0.2, 0.25) is 0 Å². The van der Waals surface area contributed by atoms with Crippen LogP contribution in [0.25, 0.3) is 0 Å². The van der Waals surface area contributed by atoms with Crippen molar-refractivity contribution in [3.8, 4) is 0 Å². The zero-order valence-corrected chi connectivity index (χ0v) is 5.13. The fraction of sp³-hybridized carbons (Fsp3) is 0.500. The number of rotatable bonds is 1.